The van der Waals surface area contributed by atoms with Crippen LogP contribution in [0.15, 0.2) is 12.1 Å². The van der Waals surface area contributed by atoms with Gasteiger partial charge in [0, 0.05) is 13.6 Å². The van der Waals surface area contributed by atoms with Crippen molar-refractivity contribution < 1.29 is 4.79 Å². The van der Waals surface area contributed by atoms with Crippen molar-refractivity contribution >= 4 is 6.03 Å². The largest absolute Gasteiger partial charge is 0.336 e. The minimum Gasteiger partial charge on any atom is -0.336 e. The molecule has 0 radical (unpaired) electrons. The number of hydrogen-bond acceptors (Lipinski definition) is 1. The summed E-state index contributed by atoms with van der Waals surface area (Å²) in [6.07, 6.45) is 0. The van der Waals surface area contributed by atoms with Crippen LogP contribution in [0, 0.1) is 20.8 Å². The van der Waals surface area contributed by atoms with Crippen LogP contribution < -0.4 is 5.32 Å². The summed E-state index contributed by atoms with van der Waals surface area (Å²) in [5.74, 6) is 0. The molecule has 1 aliphatic heterocycles. The van der Waals surface area contributed by atoms with Gasteiger partial charge in [-0.2, -0.15) is 0 Å². The topological polar surface area (TPSA) is 32.3 Å². The highest BCUT2D eigenvalue weighted by Gasteiger charge is 2.29. The second-order valence-electron chi connectivity index (χ2n) is 4.53. The first-order valence-corrected chi connectivity index (χ1v) is 5.59. The zero-order valence-corrected chi connectivity index (χ0v) is 10.3. The van der Waals surface area contributed by atoms with Crippen molar-refractivity contribution in [2.24, 2.45) is 0 Å². The van der Waals surface area contributed by atoms with Crippen molar-refractivity contribution in [3.8, 4) is 0 Å². The Kier molecular flexibility index (Phi) is 2.62. The Morgan fingerprint density at radius 2 is 1.94 bits per heavy atom. The van der Waals surface area contributed by atoms with Gasteiger partial charge in [-0.05, 0) is 43.0 Å². The highest BCUT2D eigenvalue weighted by molar-refractivity contribution is 5.77. The molecule has 1 atom stereocenters. The van der Waals surface area contributed by atoms with Crippen LogP contribution in [0.5, 0.6) is 0 Å². The maximum absolute atomic E-state index is 11.4. The normalized spacial score (nSPS) is 20.1. The number of rotatable bonds is 1. The van der Waals surface area contributed by atoms with Crippen molar-refractivity contribution in [1.29, 1.82) is 0 Å². The molecular formula is C13H18N2O. The minimum absolute atomic E-state index is 0.0163. The van der Waals surface area contributed by atoms with Gasteiger partial charge >= 0.3 is 6.03 Å². The van der Waals surface area contributed by atoms with Gasteiger partial charge in [-0.15, -0.1) is 0 Å². The van der Waals surface area contributed by atoms with E-state index < -0.39 is 0 Å². The third-order valence-corrected chi connectivity index (χ3v) is 3.69. The number of carbonyl (C=O) groups excluding carboxylic acids is 1. The average molecular weight is 218 g/mol. The number of amides is 2. The molecule has 16 heavy (non-hydrogen) atoms. The predicted molar refractivity (Wildman–Crippen MR) is 64.6 cm³/mol. The van der Waals surface area contributed by atoms with E-state index in [9.17, 15) is 4.79 Å². The molecule has 1 aromatic rings. The number of nitrogens with zero attached hydrogens (tertiary/aromatic N) is 1. The van der Waals surface area contributed by atoms with E-state index in [0.29, 0.717) is 6.54 Å². The smallest absolute Gasteiger partial charge is 0.317 e. The maximum Gasteiger partial charge on any atom is 0.317 e. The molecule has 0 spiro atoms. The Hall–Kier alpha value is -1.51. The van der Waals surface area contributed by atoms with Gasteiger partial charge in [0.2, 0.25) is 0 Å². The Morgan fingerprint density at radius 3 is 2.50 bits per heavy atom. The molecule has 1 aliphatic rings. The lowest BCUT2D eigenvalue weighted by Crippen LogP contribution is -2.25. The Balaban J connectivity index is 2.42. The third-order valence-electron chi connectivity index (χ3n) is 3.69. The van der Waals surface area contributed by atoms with Crippen LogP contribution >= 0.6 is 0 Å². The van der Waals surface area contributed by atoms with Gasteiger partial charge in [-0.3, -0.25) is 0 Å². The molecule has 0 bridgehead atoms. The summed E-state index contributed by atoms with van der Waals surface area (Å²) in [6.45, 7) is 7.10. The molecule has 3 heteroatoms. The van der Waals surface area contributed by atoms with Crippen LogP contribution in [0.4, 0.5) is 4.79 Å². The van der Waals surface area contributed by atoms with Crippen molar-refractivity contribution in [1.82, 2.24) is 10.2 Å². The van der Waals surface area contributed by atoms with Gasteiger partial charge in [-0.25, -0.2) is 4.79 Å². The molecule has 0 aromatic heterocycles. The Labute approximate surface area is 96.5 Å². The molecule has 2 amide bonds. The molecule has 1 unspecified atom stereocenters. The first kappa shape index (κ1) is 11.0. The maximum atomic E-state index is 11.4. The van der Waals surface area contributed by atoms with Gasteiger partial charge in [0.1, 0.15) is 0 Å². The van der Waals surface area contributed by atoms with E-state index in [1.165, 1.54) is 22.3 Å². The van der Waals surface area contributed by atoms with Crippen LogP contribution in [0.2, 0.25) is 0 Å². The fourth-order valence-corrected chi connectivity index (χ4v) is 2.24. The van der Waals surface area contributed by atoms with Gasteiger partial charge in [0.25, 0.3) is 0 Å². The third kappa shape index (κ3) is 1.56. The number of likely N-dealkylation sites (N-methyl/N-ethyl adjacent to an activating group) is 1. The van der Waals surface area contributed by atoms with E-state index in [1.54, 1.807) is 4.90 Å². The minimum atomic E-state index is 0.0163. The molecule has 3 nitrogen and oxygen atoms in total. The van der Waals surface area contributed by atoms with Crippen LogP contribution in [0.25, 0.3) is 0 Å². The number of aryl methyl sites for hydroxylation is 1. The molecule has 86 valence electrons. The van der Waals surface area contributed by atoms with Crippen LogP contribution in [0.1, 0.15) is 28.3 Å². The average Bonchev–Trinajstić information content (AvgIpc) is 2.58. The van der Waals surface area contributed by atoms with E-state index in [1.807, 2.05) is 7.05 Å². The zero-order chi connectivity index (χ0) is 11.9. The standard InChI is InChI=1S/C13H18N2O/c1-8-5-6-11(10(3)9(8)2)12-7-14-13(16)15(12)4/h5-6,12H,7H2,1-4H3,(H,14,16). The molecule has 1 fully saturated rings. The van der Waals surface area contributed by atoms with Gasteiger partial charge in [0.05, 0.1) is 6.04 Å². The molecule has 0 aliphatic carbocycles. The Bertz CT molecular complexity index is 440. The van der Waals surface area contributed by atoms with Gasteiger partial charge < -0.3 is 10.2 Å². The van der Waals surface area contributed by atoms with E-state index in [4.69, 9.17) is 0 Å². The summed E-state index contributed by atoms with van der Waals surface area (Å²) < 4.78 is 0. The van der Waals surface area contributed by atoms with Crippen molar-refractivity contribution in [3.05, 3.63) is 34.4 Å². The lowest BCUT2D eigenvalue weighted by Gasteiger charge is -2.21. The lowest BCUT2D eigenvalue weighted by molar-refractivity contribution is 0.216. The molecule has 2 rings (SSSR count). The van der Waals surface area contributed by atoms with Crippen molar-refractivity contribution in [2.45, 2.75) is 26.8 Å². The van der Waals surface area contributed by atoms with E-state index in [-0.39, 0.29) is 12.1 Å². The molecule has 1 N–H and O–H groups in total. The van der Waals surface area contributed by atoms with E-state index in [0.717, 1.165) is 0 Å². The van der Waals surface area contributed by atoms with E-state index in [2.05, 4.69) is 38.2 Å². The van der Waals surface area contributed by atoms with Gasteiger partial charge in [-0.1, -0.05) is 12.1 Å². The molecule has 1 aromatic carbocycles. The highest BCUT2D eigenvalue weighted by atomic mass is 16.2. The first-order valence-electron chi connectivity index (χ1n) is 5.59. The number of carbonyl (C=O) groups is 1. The summed E-state index contributed by atoms with van der Waals surface area (Å²) in [5.41, 5.74) is 5.18. The fourth-order valence-electron chi connectivity index (χ4n) is 2.24. The number of benzene rings is 1. The quantitative estimate of drug-likeness (QED) is 0.770. The zero-order valence-electron chi connectivity index (χ0n) is 10.3. The number of nitrogens with one attached hydrogen (secondary N) is 1. The monoisotopic (exact) mass is 218 g/mol. The number of urea groups is 1. The summed E-state index contributed by atoms with van der Waals surface area (Å²) >= 11 is 0. The molecular weight excluding hydrogens is 200 g/mol. The van der Waals surface area contributed by atoms with Gasteiger partial charge in [0.15, 0.2) is 0 Å². The first-order chi connectivity index (χ1) is 7.52. The van der Waals surface area contributed by atoms with Crippen LogP contribution in [-0.2, 0) is 0 Å². The molecule has 1 saturated heterocycles. The van der Waals surface area contributed by atoms with Crippen molar-refractivity contribution in [2.75, 3.05) is 13.6 Å². The predicted octanol–water partition coefficient (Wildman–Crippen LogP) is 2.31. The summed E-state index contributed by atoms with van der Waals surface area (Å²) in [4.78, 5) is 13.2. The van der Waals surface area contributed by atoms with Crippen LogP contribution in [0.3, 0.4) is 0 Å². The van der Waals surface area contributed by atoms with Crippen LogP contribution in [-0.4, -0.2) is 24.5 Å². The Morgan fingerprint density at radius 1 is 1.25 bits per heavy atom. The highest BCUT2D eigenvalue weighted by Crippen LogP contribution is 2.28. The van der Waals surface area contributed by atoms with E-state index >= 15 is 0 Å². The van der Waals surface area contributed by atoms with Crippen molar-refractivity contribution in [3.63, 3.8) is 0 Å². The summed E-state index contributed by atoms with van der Waals surface area (Å²) in [6, 6.07) is 4.46. The molecule has 0 saturated carbocycles. The second kappa shape index (κ2) is 3.81. The lowest BCUT2D eigenvalue weighted by atomic mass is 9.94. The number of hydrogen-bond donors (Lipinski definition) is 1. The SMILES string of the molecule is Cc1ccc(C2CNC(=O)N2C)c(C)c1C. The summed E-state index contributed by atoms with van der Waals surface area (Å²) in [7, 11) is 1.85. The fraction of sp³-hybridized carbons (Fsp3) is 0.462. The second-order valence-corrected chi connectivity index (χ2v) is 4.53. The molecule has 1 heterocycles. The summed E-state index contributed by atoms with van der Waals surface area (Å²) in [5, 5.41) is 2.87.